The number of hydrogen-bond donors (Lipinski definition) is 4. The number of fused-ring (bicyclic) bond motifs is 1. The third kappa shape index (κ3) is 5.77. The van der Waals surface area contributed by atoms with E-state index in [9.17, 15) is 30.0 Å². The number of hydrogen-bond acceptors (Lipinski definition) is 12. The summed E-state index contributed by atoms with van der Waals surface area (Å²) in [7, 11) is 3.96. The molecule has 14 atom stereocenters. The van der Waals surface area contributed by atoms with Crippen LogP contribution >= 0.6 is 0 Å². The van der Waals surface area contributed by atoms with Gasteiger partial charge in [-0.3, -0.25) is 4.79 Å². The minimum atomic E-state index is -1.26. The fourth-order valence-corrected chi connectivity index (χ4v) is 12.5. The average molecular weight is 758 g/mol. The number of likely N-dealkylation sites (tertiary alicyclic amines) is 1. The fourth-order valence-electron chi connectivity index (χ4n) is 12.5. The summed E-state index contributed by atoms with van der Waals surface area (Å²) in [5, 5.41) is 42.1. The molecule has 4 heterocycles. The van der Waals surface area contributed by atoms with E-state index in [1.165, 1.54) is 11.1 Å². The Bertz CT molecular complexity index is 1580. The molecule has 2 spiro atoms. The second-order valence-electron chi connectivity index (χ2n) is 17.9. The summed E-state index contributed by atoms with van der Waals surface area (Å²) in [6, 6.07) is 0. The number of aliphatic hydroxyl groups is 3. The average Bonchev–Trinajstić information content (AvgIpc) is 3.86. The van der Waals surface area contributed by atoms with Gasteiger partial charge in [0.05, 0.1) is 43.0 Å². The lowest BCUT2D eigenvalue weighted by atomic mass is 9.50. The van der Waals surface area contributed by atoms with Crippen molar-refractivity contribution in [3.63, 3.8) is 0 Å². The number of rotatable bonds is 9. The van der Waals surface area contributed by atoms with Crippen molar-refractivity contribution >= 4 is 11.9 Å². The first-order valence-corrected chi connectivity index (χ1v) is 20.1. The maximum Gasteiger partial charge on any atom is 0.335 e. The maximum absolute atomic E-state index is 14.4. The molecule has 13 nitrogen and oxygen atoms in total. The van der Waals surface area contributed by atoms with E-state index in [1.54, 1.807) is 20.1 Å². The Morgan fingerprint density at radius 2 is 1.87 bits per heavy atom. The molecule has 54 heavy (non-hydrogen) atoms. The lowest BCUT2D eigenvalue weighted by Crippen LogP contribution is -2.64. The van der Waals surface area contributed by atoms with Gasteiger partial charge in [-0.1, -0.05) is 38.0 Å². The first-order chi connectivity index (χ1) is 25.8. The molecule has 0 aromatic carbocycles. The lowest BCUT2D eigenvalue weighted by molar-refractivity contribution is -0.331. The Morgan fingerprint density at radius 3 is 2.56 bits per heavy atom. The first-order valence-electron chi connectivity index (χ1n) is 20.1. The molecular weight excluding hydrogens is 698 g/mol. The van der Waals surface area contributed by atoms with Crippen LogP contribution in [0.25, 0.3) is 0 Å². The molecule has 13 heteroatoms. The first kappa shape index (κ1) is 38.5. The van der Waals surface area contributed by atoms with Gasteiger partial charge in [0, 0.05) is 55.2 Å². The number of carbonyl (C=O) groups excluding carboxylic acids is 1. The van der Waals surface area contributed by atoms with Crippen LogP contribution in [0.1, 0.15) is 72.1 Å². The largest absolute Gasteiger partial charge is 0.478 e. The van der Waals surface area contributed by atoms with Crippen molar-refractivity contribution in [3.8, 4) is 0 Å². The minimum Gasteiger partial charge on any atom is -0.478 e. The standard InChI is InChI=1S/C41H59NO12/c1-21(2)41(49-5)13-12-39(20-52-41)25-9-6-23-7-11-27-28(14-40(39,32(23)27)19-42(4)15-25)36(48)50-18-30-33(44)22(3)34(45)38(53-30)54-37-31-24(16-43)8-10-26(31)29(17-51-37)35(46)47/h8,17,21-22,25-28,30-31,33-34,37-38,43-45H,6-7,9-16,18-20H2,1-5H3,(H,46,47)/t22-,25-,26+,27?,28+,30+,31+,33-,34+,37-,38-,39?,40?,41-/m0/s1. The number of carbonyl (C=O) groups is 2. The number of carboxylic acids is 1. The number of nitrogens with zero attached hydrogens (tertiary/aromatic N) is 1. The van der Waals surface area contributed by atoms with Crippen molar-refractivity contribution in [1.82, 2.24) is 4.90 Å². The quantitative estimate of drug-likeness (QED) is 0.199. The van der Waals surface area contributed by atoms with E-state index in [2.05, 4.69) is 25.8 Å². The maximum atomic E-state index is 14.4. The van der Waals surface area contributed by atoms with E-state index in [-0.39, 0.29) is 53.3 Å². The Morgan fingerprint density at radius 1 is 1.09 bits per heavy atom. The molecule has 8 rings (SSSR count). The van der Waals surface area contributed by atoms with Crippen molar-refractivity contribution < 1.29 is 58.4 Å². The summed E-state index contributed by atoms with van der Waals surface area (Å²) in [5.74, 6) is -3.34. The van der Waals surface area contributed by atoms with Crippen molar-refractivity contribution in [1.29, 1.82) is 0 Å². The number of aliphatic carboxylic acids is 1. The van der Waals surface area contributed by atoms with Gasteiger partial charge in [-0.05, 0) is 69.4 Å². The van der Waals surface area contributed by atoms with Gasteiger partial charge in [0.15, 0.2) is 12.1 Å². The van der Waals surface area contributed by atoms with Gasteiger partial charge in [0.2, 0.25) is 6.29 Å². The molecule has 0 radical (unpaired) electrons. The molecule has 3 unspecified atom stereocenters. The highest BCUT2D eigenvalue weighted by Crippen LogP contribution is 2.72. The molecule has 0 aromatic heterocycles. The van der Waals surface area contributed by atoms with Crippen LogP contribution in [0.15, 0.2) is 34.6 Å². The molecule has 0 amide bonds. The van der Waals surface area contributed by atoms with Crippen LogP contribution < -0.4 is 0 Å². The Labute approximate surface area is 317 Å². The third-order valence-electron chi connectivity index (χ3n) is 15.4. The van der Waals surface area contributed by atoms with Crippen LogP contribution in [-0.2, 0) is 38.0 Å². The molecule has 1 saturated carbocycles. The molecule has 8 aliphatic rings. The fraction of sp³-hybridized carbons (Fsp3) is 0.805. The highest BCUT2D eigenvalue weighted by Gasteiger charge is 2.70. The van der Waals surface area contributed by atoms with Crippen LogP contribution in [0, 0.1) is 52.3 Å². The number of ether oxygens (including phenoxy) is 6. The number of esters is 1. The predicted molar refractivity (Wildman–Crippen MR) is 192 cm³/mol. The van der Waals surface area contributed by atoms with Crippen molar-refractivity contribution in [3.05, 3.63) is 34.6 Å². The second-order valence-corrected chi connectivity index (χ2v) is 17.9. The molecule has 0 aromatic rings. The van der Waals surface area contributed by atoms with Crippen LogP contribution in [0.5, 0.6) is 0 Å². The number of aliphatic hydroxyl groups excluding tert-OH is 3. The van der Waals surface area contributed by atoms with Crippen LogP contribution in [0.3, 0.4) is 0 Å². The van der Waals surface area contributed by atoms with Gasteiger partial charge in [0.1, 0.15) is 18.8 Å². The zero-order chi connectivity index (χ0) is 38.3. The van der Waals surface area contributed by atoms with E-state index >= 15 is 0 Å². The number of piperidine rings is 1. The van der Waals surface area contributed by atoms with Gasteiger partial charge < -0.3 is 53.7 Å². The second kappa shape index (κ2) is 14.2. The summed E-state index contributed by atoms with van der Waals surface area (Å²) < 4.78 is 37.1. The smallest absolute Gasteiger partial charge is 0.335 e. The van der Waals surface area contributed by atoms with Crippen LogP contribution in [-0.4, -0.2) is 121 Å². The number of carboxylic acid groups (broad SMARTS) is 1. The Balaban J connectivity index is 0.997. The van der Waals surface area contributed by atoms with Crippen molar-refractivity contribution in [2.24, 2.45) is 52.3 Å². The van der Waals surface area contributed by atoms with Crippen molar-refractivity contribution in [2.45, 2.75) is 109 Å². The van der Waals surface area contributed by atoms with E-state index in [4.69, 9.17) is 28.4 Å². The van der Waals surface area contributed by atoms with Gasteiger partial charge in [-0.15, -0.1) is 0 Å². The molecule has 300 valence electrons. The van der Waals surface area contributed by atoms with Crippen LogP contribution in [0.4, 0.5) is 0 Å². The summed E-state index contributed by atoms with van der Waals surface area (Å²) in [6.45, 7) is 8.00. The SMILES string of the molecule is CO[C@@]1(C(C)C)CCC2(CO1)[C@H]1CCC3=C4C(CC3)[C@H](C(=O)OC[C@H]3O[C@@H](O[C@@H]5OC=C(C(=O)O)[C@H]6CC=C(CO)[C@@H]56)[C@H](O)[C@@H](C)[C@@H]3O)CC42CN(C)C1. The summed E-state index contributed by atoms with van der Waals surface area (Å²) in [4.78, 5) is 28.7. The monoisotopic (exact) mass is 757 g/mol. The molecule has 4 aliphatic heterocycles. The highest BCUT2D eigenvalue weighted by atomic mass is 16.8. The molecule has 2 bridgehead atoms. The van der Waals surface area contributed by atoms with Gasteiger partial charge >= 0.3 is 11.9 Å². The lowest BCUT2D eigenvalue weighted by Gasteiger charge is -2.62. The zero-order valence-corrected chi connectivity index (χ0v) is 32.3. The zero-order valence-electron chi connectivity index (χ0n) is 32.3. The van der Waals surface area contributed by atoms with E-state index in [1.807, 2.05) is 0 Å². The normalized spacial score (nSPS) is 45.8. The molecule has 3 saturated heterocycles. The molecule has 4 fully saturated rings. The Kier molecular flexibility index (Phi) is 10.1. The molecule has 4 N–H and O–H groups in total. The predicted octanol–water partition coefficient (Wildman–Crippen LogP) is 3.37. The van der Waals surface area contributed by atoms with E-state index in [0.717, 1.165) is 57.9 Å². The van der Waals surface area contributed by atoms with Crippen molar-refractivity contribution in [2.75, 3.05) is 47.1 Å². The van der Waals surface area contributed by atoms with Gasteiger partial charge in [-0.25, -0.2) is 4.79 Å². The summed E-state index contributed by atoms with van der Waals surface area (Å²) in [6.07, 6.45) is 4.32. The summed E-state index contributed by atoms with van der Waals surface area (Å²) >= 11 is 0. The topological polar surface area (TPSA) is 174 Å². The van der Waals surface area contributed by atoms with Crippen LogP contribution in [0.2, 0.25) is 0 Å². The summed E-state index contributed by atoms with van der Waals surface area (Å²) in [5.41, 5.74) is 3.40. The number of methoxy groups -OCH3 is 1. The Hall–Kier alpha value is -2.36. The third-order valence-corrected chi connectivity index (χ3v) is 15.4. The highest BCUT2D eigenvalue weighted by molar-refractivity contribution is 5.87. The molecular formula is C41H59NO12. The van der Waals surface area contributed by atoms with E-state index in [0.29, 0.717) is 30.9 Å². The van der Waals surface area contributed by atoms with Gasteiger partial charge in [-0.2, -0.15) is 0 Å². The number of allylic oxidation sites excluding steroid dienone is 2. The minimum absolute atomic E-state index is 0.0845. The van der Waals surface area contributed by atoms with Gasteiger partial charge in [0.25, 0.3) is 0 Å². The molecule has 4 aliphatic carbocycles. The van der Waals surface area contributed by atoms with E-state index < -0.39 is 60.4 Å².